The SMILES string of the molecule is COc1ccc2nnc(CNC(=O)COc3ccccc3C)n2n1. The Hall–Kier alpha value is -3.16. The molecule has 8 heteroatoms. The Labute approximate surface area is 138 Å². The summed E-state index contributed by atoms with van der Waals surface area (Å²) in [5.74, 6) is 1.38. The third-order valence-corrected chi connectivity index (χ3v) is 3.41. The monoisotopic (exact) mass is 327 g/mol. The van der Waals surface area contributed by atoms with Gasteiger partial charge in [-0.2, -0.15) is 4.52 Å². The van der Waals surface area contributed by atoms with Gasteiger partial charge < -0.3 is 14.8 Å². The first kappa shape index (κ1) is 15.7. The molecule has 0 fully saturated rings. The Morgan fingerprint density at radius 2 is 2.04 bits per heavy atom. The van der Waals surface area contributed by atoms with Crippen molar-refractivity contribution >= 4 is 11.6 Å². The number of carbonyl (C=O) groups excluding carboxylic acids is 1. The van der Waals surface area contributed by atoms with Crippen molar-refractivity contribution in [2.24, 2.45) is 0 Å². The van der Waals surface area contributed by atoms with Crippen molar-refractivity contribution in [1.29, 1.82) is 0 Å². The minimum atomic E-state index is -0.252. The fraction of sp³-hybridized carbons (Fsp3) is 0.250. The van der Waals surface area contributed by atoms with Crippen LogP contribution in [0.15, 0.2) is 36.4 Å². The molecule has 2 heterocycles. The zero-order chi connectivity index (χ0) is 16.9. The summed E-state index contributed by atoms with van der Waals surface area (Å²) in [6.45, 7) is 2.05. The highest BCUT2D eigenvalue weighted by Gasteiger charge is 2.10. The largest absolute Gasteiger partial charge is 0.484 e. The van der Waals surface area contributed by atoms with E-state index in [4.69, 9.17) is 9.47 Å². The van der Waals surface area contributed by atoms with Gasteiger partial charge in [0.15, 0.2) is 18.1 Å². The van der Waals surface area contributed by atoms with Crippen molar-refractivity contribution in [3.63, 3.8) is 0 Å². The molecule has 124 valence electrons. The highest BCUT2D eigenvalue weighted by Crippen LogP contribution is 2.15. The number of ether oxygens (including phenoxy) is 2. The number of nitrogens with zero attached hydrogens (tertiary/aromatic N) is 4. The second-order valence-electron chi connectivity index (χ2n) is 5.09. The van der Waals surface area contributed by atoms with Crippen molar-refractivity contribution in [2.75, 3.05) is 13.7 Å². The van der Waals surface area contributed by atoms with Gasteiger partial charge in [0.1, 0.15) is 5.75 Å². The third-order valence-electron chi connectivity index (χ3n) is 3.41. The van der Waals surface area contributed by atoms with Gasteiger partial charge in [-0.25, -0.2) is 0 Å². The number of para-hydroxylation sites is 1. The predicted octanol–water partition coefficient (Wildman–Crippen LogP) is 1.14. The van der Waals surface area contributed by atoms with Crippen LogP contribution in [0.25, 0.3) is 5.65 Å². The maximum absolute atomic E-state index is 11.9. The highest BCUT2D eigenvalue weighted by molar-refractivity contribution is 5.77. The molecule has 24 heavy (non-hydrogen) atoms. The van der Waals surface area contributed by atoms with Crippen LogP contribution in [0.1, 0.15) is 11.4 Å². The second kappa shape index (κ2) is 6.95. The van der Waals surface area contributed by atoms with Crippen LogP contribution < -0.4 is 14.8 Å². The molecule has 8 nitrogen and oxygen atoms in total. The predicted molar refractivity (Wildman–Crippen MR) is 85.9 cm³/mol. The maximum atomic E-state index is 11.9. The van der Waals surface area contributed by atoms with Gasteiger partial charge in [0.2, 0.25) is 5.88 Å². The van der Waals surface area contributed by atoms with Crippen LogP contribution >= 0.6 is 0 Å². The summed E-state index contributed by atoms with van der Waals surface area (Å²) in [5.41, 5.74) is 1.56. The van der Waals surface area contributed by atoms with Gasteiger partial charge in [0, 0.05) is 6.07 Å². The van der Waals surface area contributed by atoms with E-state index in [-0.39, 0.29) is 19.1 Å². The summed E-state index contributed by atoms with van der Waals surface area (Å²) in [6.07, 6.45) is 0. The molecule has 2 aromatic heterocycles. The number of nitrogens with one attached hydrogen (secondary N) is 1. The number of carbonyl (C=O) groups is 1. The van der Waals surface area contributed by atoms with Gasteiger partial charge in [0.05, 0.1) is 13.7 Å². The van der Waals surface area contributed by atoms with Crippen LogP contribution in [0.5, 0.6) is 11.6 Å². The minimum Gasteiger partial charge on any atom is -0.484 e. The molecule has 0 bridgehead atoms. The topological polar surface area (TPSA) is 90.6 Å². The summed E-state index contributed by atoms with van der Waals surface area (Å²) in [7, 11) is 1.53. The lowest BCUT2D eigenvalue weighted by molar-refractivity contribution is -0.123. The Bertz CT molecular complexity index is 862. The number of methoxy groups -OCH3 is 1. The van der Waals surface area contributed by atoms with Gasteiger partial charge in [-0.15, -0.1) is 15.3 Å². The van der Waals surface area contributed by atoms with Gasteiger partial charge in [-0.05, 0) is 24.6 Å². The first-order chi connectivity index (χ1) is 11.7. The van der Waals surface area contributed by atoms with Crippen molar-refractivity contribution < 1.29 is 14.3 Å². The number of benzene rings is 1. The lowest BCUT2D eigenvalue weighted by Gasteiger charge is -2.08. The Kier molecular flexibility index (Phi) is 4.55. The molecule has 0 unspecified atom stereocenters. The molecule has 0 saturated carbocycles. The average molecular weight is 327 g/mol. The number of rotatable bonds is 6. The van der Waals surface area contributed by atoms with Crippen LogP contribution in [-0.2, 0) is 11.3 Å². The van der Waals surface area contributed by atoms with E-state index in [0.29, 0.717) is 23.1 Å². The smallest absolute Gasteiger partial charge is 0.258 e. The second-order valence-corrected chi connectivity index (χ2v) is 5.09. The normalized spacial score (nSPS) is 10.6. The summed E-state index contributed by atoms with van der Waals surface area (Å²) < 4.78 is 12.1. The number of amides is 1. The Morgan fingerprint density at radius 1 is 1.21 bits per heavy atom. The van der Waals surface area contributed by atoms with E-state index < -0.39 is 0 Å². The number of hydrogen-bond acceptors (Lipinski definition) is 6. The van der Waals surface area contributed by atoms with Crippen molar-refractivity contribution in [1.82, 2.24) is 25.1 Å². The quantitative estimate of drug-likeness (QED) is 0.730. The number of aromatic nitrogens is 4. The van der Waals surface area contributed by atoms with Gasteiger partial charge >= 0.3 is 0 Å². The lowest BCUT2D eigenvalue weighted by atomic mass is 10.2. The molecule has 0 saturated heterocycles. The molecule has 1 N–H and O–H groups in total. The molecular weight excluding hydrogens is 310 g/mol. The van der Waals surface area contributed by atoms with Crippen LogP contribution in [-0.4, -0.2) is 39.4 Å². The maximum Gasteiger partial charge on any atom is 0.258 e. The van der Waals surface area contributed by atoms with Gasteiger partial charge in [0.25, 0.3) is 5.91 Å². The van der Waals surface area contributed by atoms with E-state index >= 15 is 0 Å². The van der Waals surface area contributed by atoms with E-state index in [0.717, 1.165) is 5.56 Å². The molecule has 0 aliphatic carbocycles. The van der Waals surface area contributed by atoms with Crippen LogP contribution in [0, 0.1) is 6.92 Å². The van der Waals surface area contributed by atoms with E-state index in [1.807, 2.05) is 31.2 Å². The Balaban J connectivity index is 1.59. The van der Waals surface area contributed by atoms with E-state index in [9.17, 15) is 4.79 Å². The van der Waals surface area contributed by atoms with E-state index in [1.54, 1.807) is 12.1 Å². The first-order valence-corrected chi connectivity index (χ1v) is 7.38. The molecule has 0 spiro atoms. The Morgan fingerprint density at radius 3 is 2.83 bits per heavy atom. The molecule has 0 aliphatic heterocycles. The zero-order valence-electron chi connectivity index (χ0n) is 13.4. The van der Waals surface area contributed by atoms with Crippen LogP contribution in [0.2, 0.25) is 0 Å². The highest BCUT2D eigenvalue weighted by atomic mass is 16.5. The average Bonchev–Trinajstić information content (AvgIpc) is 3.01. The summed E-state index contributed by atoms with van der Waals surface area (Å²) in [5, 5.41) is 15.0. The number of hydrogen-bond donors (Lipinski definition) is 1. The summed E-state index contributed by atoms with van der Waals surface area (Å²) in [4.78, 5) is 11.9. The summed E-state index contributed by atoms with van der Waals surface area (Å²) in [6, 6.07) is 11.0. The molecule has 1 aromatic carbocycles. The third kappa shape index (κ3) is 3.43. The zero-order valence-corrected chi connectivity index (χ0v) is 13.4. The number of aryl methyl sites for hydroxylation is 1. The van der Waals surface area contributed by atoms with Crippen molar-refractivity contribution in [2.45, 2.75) is 13.5 Å². The number of fused-ring (bicyclic) bond motifs is 1. The molecule has 0 aliphatic rings. The fourth-order valence-electron chi connectivity index (χ4n) is 2.13. The molecule has 3 aromatic rings. The van der Waals surface area contributed by atoms with Crippen molar-refractivity contribution in [3.8, 4) is 11.6 Å². The standard InChI is InChI=1S/C16H17N5O3/c1-11-5-3-4-6-12(11)24-10-15(22)17-9-14-19-18-13-7-8-16(23-2)20-21(13)14/h3-8H,9-10H2,1-2H3,(H,17,22). The molecule has 3 rings (SSSR count). The molecule has 1 amide bonds. The fourth-order valence-corrected chi connectivity index (χ4v) is 2.13. The van der Waals surface area contributed by atoms with Crippen LogP contribution in [0.4, 0.5) is 0 Å². The van der Waals surface area contributed by atoms with Crippen LogP contribution in [0.3, 0.4) is 0 Å². The van der Waals surface area contributed by atoms with Gasteiger partial charge in [-0.3, -0.25) is 4.79 Å². The summed E-state index contributed by atoms with van der Waals surface area (Å²) >= 11 is 0. The van der Waals surface area contributed by atoms with Crippen molar-refractivity contribution in [3.05, 3.63) is 47.8 Å². The van der Waals surface area contributed by atoms with E-state index in [2.05, 4.69) is 20.6 Å². The first-order valence-electron chi connectivity index (χ1n) is 7.38. The molecule has 0 atom stereocenters. The molecular formula is C16H17N5O3. The lowest BCUT2D eigenvalue weighted by Crippen LogP contribution is -2.29. The molecule has 0 radical (unpaired) electrons. The van der Waals surface area contributed by atoms with Gasteiger partial charge in [-0.1, -0.05) is 18.2 Å². The minimum absolute atomic E-state index is 0.0711. The van der Waals surface area contributed by atoms with E-state index in [1.165, 1.54) is 11.6 Å².